The number of nitrogens with zero attached hydrogens (tertiary/aromatic N) is 1. The van der Waals surface area contributed by atoms with Crippen LogP contribution in [0.1, 0.15) is 6.42 Å². The normalized spacial score (nSPS) is 9.81. The van der Waals surface area contributed by atoms with Gasteiger partial charge in [-0.1, -0.05) is 6.07 Å². The molecule has 0 atom stereocenters. The van der Waals surface area contributed by atoms with Crippen LogP contribution >= 0.6 is 0 Å². The summed E-state index contributed by atoms with van der Waals surface area (Å²) < 4.78 is 13.2. The number of carboxylic acid groups (broad SMARTS) is 1. The van der Waals surface area contributed by atoms with Crippen molar-refractivity contribution in [2.75, 3.05) is 11.9 Å². The van der Waals surface area contributed by atoms with Crippen LogP contribution in [0.4, 0.5) is 15.8 Å². The first-order valence-corrected chi connectivity index (χ1v) is 4.41. The van der Waals surface area contributed by atoms with Crippen molar-refractivity contribution in [3.8, 4) is 0 Å². The Hall–Kier alpha value is -2.18. The summed E-state index contributed by atoms with van der Waals surface area (Å²) in [5.41, 5.74) is -0.695. The number of nitro benzene ring substituents is 1. The molecule has 1 aromatic carbocycles. The lowest BCUT2D eigenvalue weighted by Gasteiger charge is -2.06. The highest BCUT2D eigenvalue weighted by atomic mass is 19.1. The maximum Gasteiger partial charge on any atom is 0.305 e. The molecule has 0 saturated carbocycles. The van der Waals surface area contributed by atoms with Crippen LogP contribution in [0.2, 0.25) is 0 Å². The van der Waals surface area contributed by atoms with E-state index in [0.29, 0.717) is 0 Å². The van der Waals surface area contributed by atoms with E-state index in [0.717, 1.165) is 12.1 Å². The molecule has 0 aromatic heterocycles. The third kappa shape index (κ3) is 2.91. The van der Waals surface area contributed by atoms with Gasteiger partial charge in [0.25, 0.3) is 5.69 Å². The standard InChI is InChI=1S/C9H9FN2O4/c10-6-2-1-3-7(12(15)16)9(6)11-5-4-8(13)14/h1-3,11H,4-5H2,(H,13,14). The van der Waals surface area contributed by atoms with Crippen LogP contribution in [0.25, 0.3) is 0 Å². The third-order valence-corrected chi connectivity index (χ3v) is 1.83. The molecule has 0 aliphatic heterocycles. The van der Waals surface area contributed by atoms with Crippen molar-refractivity contribution < 1.29 is 19.2 Å². The van der Waals surface area contributed by atoms with Crippen molar-refractivity contribution in [2.24, 2.45) is 0 Å². The maximum absolute atomic E-state index is 13.2. The number of hydrogen-bond donors (Lipinski definition) is 2. The van der Waals surface area contributed by atoms with E-state index in [1.807, 2.05) is 0 Å². The zero-order valence-electron chi connectivity index (χ0n) is 8.14. The second-order valence-corrected chi connectivity index (χ2v) is 2.96. The minimum Gasteiger partial charge on any atom is -0.481 e. The molecule has 0 bridgehead atoms. The largest absolute Gasteiger partial charge is 0.481 e. The van der Waals surface area contributed by atoms with Crippen LogP contribution in [0.5, 0.6) is 0 Å². The molecule has 1 rings (SSSR count). The van der Waals surface area contributed by atoms with Gasteiger partial charge in [-0.3, -0.25) is 14.9 Å². The van der Waals surface area contributed by atoms with Gasteiger partial charge in [0.1, 0.15) is 5.69 Å². The zero-order valence-corrected chi connectivity index (χ0v) is 8.14. The van der Waals surface area contributed by atoms with Crippen LogP contribution < -0.4 is 5.32 Å². The monoisotopic (exact) mass is 228 g/mol. The Kier molecular flexibility index (Phi) is 3.76. The highest BCUT2D eigenvalue weighted by Gasteiger charge is 2.17. The van der Waals surface area contributed by atoms with Crippen molar-refractivity contribution in [1.82, 2.24) is 0 Å². The number of aliphatic carboxylic acids is 1. The lowest BCUT2D eigenvalue weighted by atomic mass is 10.2. The zero-order chi connectivity index (χ0) is 12.1. The summed E-state index contributed by atoms with van der Waals surface area (Å²) in [5, 5.41) is 21.3. The topological polar surface area (TPSA) is 92.5 Å². The van der Waals surface area contributed by atoms with Gasteiger partial charge in [-0.15, -0.1) is 0 Å². The Morgan fingerprint density at radius 3 is 2.81 bits per heavy atom. The summed E-state index contributed by atoms with van der Waals surface area (Å²) in [4.78, 5) is 20.0. The highest BCUT2D eigenvalue weighted by molar-refractivity contribution is 5.68. The number of rotatable bonds is 5. The van der Waals surface area contributed by atoms with Gasteiger partial charge < -0.3 is 10.4 Å². The van der Waals surface area contributed by atoms with Gasteiger partial charge in [-0.25, -0.2) is 4.39 Å². The van der Waals surface area contributed by atoms with Crippen molar-refractivity contribution in [1.29, 1.82) is 0 Å². The molecule has 0 aliphatic rings. The van der Waals surface area contributed by atoms with E-state index in [-0.39, 0.29) is 18.7 Å². The van der Waals surface area contributed by atoms with Gasteiger partial charge in [0.15, 0.2) is 5.82 Å². The first-order chi connectivity index (χ1) is 7.52. The molecule has 86 valence electrons. The van der Waals surface area contributed by atoms with E-state index in [2.05, 4.69) is 5.32 Å². The average Bonchev–Trinajstić information content (AvgIpc) is 2.19. The molecule has 0 fully saturated rings. The first-order valence-electron chi connectivity index (χ1n) is 4.41. The van der Waals surface area contributed by atoms with Crippen LogP contribution in [0, 0.1) is 15.9 Å². The van der Waals surface area contributed by atoms with Crippen LogP contribution in [0.3, 0.4) is 0 Å². The van der Waals surface area contributed by atoms with E-state index in [1.54, 1.807) is 0 Å². The summed E-state index contributed by atoms with van der Waals surface area (Å²) in [7, 11) is 0. The second kappa shape index (κ2) is 5.06. The molecule has 1 aromatic rings. The minimum absolute atomic E-state index is 0.0723. The first kappa shape index (κ1) is 11.9. The number of para-hydroxylation sites is 1. The Labute approximate surface area is 89.9 Å². The lowest BCUT2D eigenvalue weighted by Crippen LogP contribution is -2.10. The molecular formula is C9H9FN2O4. The van der Waals surface area contributed by atoms with Crippen molar-refractivity contribution in [2.45, 2.75) is 6.42 Å². The number of carbonyl (C=O) groups is 1. The van der Waals surface area contributed by atoms with E-state index < -0.39 is 22.4 Å². The average molecular weight is 228 g/mol. The van der Waals surface area contributed by atoms with Gasteiger partial charge in [-0.05, 0) is 6.07 Å². The van der Waals surface area contributed by atoms with E-state index >= 15 is 0 Å². The fraction of sp³-hybridized carbons (Fsp3) is 0.222. The number of carboxylic acids is 1. The van der Waals surface area contributed by atoms with Crippen LogP contribution in [0.15, 0.2) is 18.2 Å². The fourth-order valence-corrected chi connectivity index (χ4v) is 1.13. The molecule has 16 heavy (non-hydrogen) atoms. The molecule has 2 N–H and O–H groups in total. The van der Waals surface area contributed by atoms with Crippen molar-refractivity contribution in [3.05, 3.63) is 34.1 Å². The number of anilines is 1. The molecule has 0 heterocycles. The van der Waals surface area contributed by atoms with Gasteiger partial charge in [0, 0.05) is 12.6 Å². The summed E-state index contributed by atoms with van der Waals surface area (Å²) in [6.45, 7) is -0.0723. The summed E-state index contributed by atoms with van der Waals surface area (Å²) in [6.07, 6.45) is -0.245. The van der Waals surface area contributed by atoms with Crippen LogP contribution in [-0.2, 0) is 4.79 Å². The number of benzene rings is 1. The number of halogens is 1. The SMILES string of the molecule is O=C(O)CCNc1c(F)cccc1[N+](=O)[O-]. The summed E-state index contributed by atoms with van der Waals surface area (Å²) in [6, 6.07) is 3.43. The molecule has 0 saturated heterocycles. The van der Waals surface area contributed by atoms with Gasteiger partial charge in [-0.2, -0.15) is 0 Å². The maximum atomic E-state index is 13.2. The van der Waals surface area contributed by atoms with E-state index in [1.165, 1.54) is 6.07 Å². The molecule has 0 aliphatic carbocycles. The lowest BCUT2D eigenvalue weighted by molar-refractivity contribution is -0.384. The molecule has 0 spiro atoms. The van der Waals surface area contributed by atoms with Gasteiger partial charge >= 0.3 is 5.97 Å². The molecule has 6 nitrogen and oxygen atoms in total. The highest BCUT2D eigenvalue weighted by Crippen LogP contribution is 2.26. The second-order valence-electron chi connectivity index (χ2n) is 2.96. The predicted molar refractivity (Wildman–Crippen MR) is 53.8 cm³/mol. The molecular weight excluding hydrogens is 219 g/mol. The van der Waals surface area contributed by atoms with Crippen molar-refractivity contribution >= 4 is 17.3 Å². The third-order valence-electron chi connectivity index (χ3n) is 1.83. The predicted octanol–water partition coefficient (Wildman–Crippen LogP) is 1.62. The van der Waals surface area contributed by atoms with E-state index in [9.17, 15) is 19.3 Å². The van der Waals surface area contributed by atoms with E-state index in [4.69, 9.17) is 5.11 Å². The Balaban J connectivity index is 2.84. The molecule has 0 amide bonds. The quantitative estimate of drug-likeness (QED) is 0.590. The Morgan fingerprint density at radius 1 is 1.56 bits per heavy atom. The summed E-state index contributed by atoms with van der Waals surface area (Å²) in [5.74, 6) is -1.84. The summed E-state index contributed by atoms with van der Waals surface area (Å²) >= 11 is 0. The molecule has 0 radical (unpaired) electrons. The number of hydrogen-bond acceptors (Lipinski definition) is 4. The molecule has 7 heteroatoms. The smallest absolute Gasteiger partial charge is 0.305 e. The minimum atomic E-state index is -1.06. The number of nitrogens with one attached hydrogen (secondary N) is 1. The van der Waals surface area contributed by atoms with Gasteiger partial charge in [0.05, 0.1) is 11.3 Å². The molecule has 0 unspecified atom stereocenters. The number of nitro groups is 1. The fourth-order valence-electron chi connectivity index (χ4n) is 1.13. The Morgan fingerprint density at radius 2 is 2.25 bits per heavy atom. The van der Waals surface area contributed by atoms with Crippen molar-refractivity contribution in [3.63, 3.8) is 0 Å². The van der Waals surface area contributed by atoms with Gasteiger partial charge in [0.2, 0.25) is 0 Å². The van der Waals surface area contributed by atoms with Crippen LogP contribution in [-0.4, -0.2) is 22.5 Å². The Bertz CT molecular complexity index is 422.